The lowest BCUT2D eigenvalue weighted by Gasteiger charge is -2.04. The van der Waals surface area contributed by atoms with Crippen molar-refractivity contribution < 1.29 is 18.7 Å². The number of rotatable bonds is 4. The lowest BCUT2D eigenvalue weighted by Crippen LogP contribution is -2.31. The first-order valence-electron chi connectivity index (χ1n) is 4.70. The number of benzene rings is 1. The Bertz CT molecular complexity index is 468. The van der Waals surface area contributed by atoms with Gasteiger partial charge in [0.1, 0.15) is 18.4 Å². The van der Waals surface area contributed by atoms with E-state index in [0.29, 0.717) is 0 Å². The number of halogens is 1. The molecule has 0 radical (unpaired) electrons. The SMILES string of the molecule is N#CCOC(=O)CNC(=O)c1ccccc1F. The van der Waals surface area contributed by atoms with Crippen molar-refractivity contribution >= 4 is 11.9 Å². The largest absolute Gasteiger partial charge is 0.449 e. The smallest absolute Gasteiger partial charge is 0.326 e. The number of ether oxygens (including phenoxy) is 1. The molecule has 1 amide bonds. The minimum absolute atomic E-state index is 0.152. The second kappa shape index (κ2) is 6.23. The fourth-order valence-corrected chi connectivity index (χ4v) is 1.06. The van der Waals surface area contributed by atoms with Gasteiger partial charge in [-0.3, -0.25) is 9.59 Å². The summed E-state index contributed by atoms with van der Waals surface area (Å²) < 4.78 is 17.5. The molecule has 0 heterocycles. The molecule has 0 unspecified atom stereocenters. The fourth-order valence-electron chi connectivity index (χ4n) is 1.06. The Morgan fingerprint density at radius 2 is 2.12 bits per heavy atom. The molecule has 1 N–H and O–H groups in total. The average Bonchev–Trinajstić information content (AvgIpc) is 2.34. The minimum Gasteiger partial charge on any atom is -0.449 e. The Morgan fingerprint density at radius 1 is 1.41 bits per heavy atom. The summed E-state index contributed by atoms with van der Waals surface area (Å²) in [5, 5.41) is 10.3. The zero-order chi connectivity index (χ0) is 12.7. The number of carbonyl (C=O) groups excluding carboxylic acids is 2. The van der Waals surface area contributed by atoms with E-state index in [4.69, 9.17) is 5.26 Å². The van der Waals surface area contributed by atoms with Crippen molar-refractivity contribution in [3.8, 4) is 6.07 Å². The molecule has 17 heavy (non-hydrogen) atoms. The molecule has 0 atom stereocenters. The van der Waals surface area contributed by atoms with Crippen LogP contribution in [-0.4, -0.2) is 25.0 Å². The second-order valence-corrected chi connectivity index (χ2v) is 2.98. The molecule has 6 heteroatoms. The summed E-state index contributed by atoms with van der Waals surface area (Å²) in [5.74, 6) is -2.14. The summed E-state index contributed by atoms with van der Waals surface area (Å²) in [5.41, 5.74) is -0.152. The van der Waals surface area contributed by atoms with Crippen LogP contribution in [0.1, 0.15) is 10.4 Å². The van der Waals surface area contributed by atoms with Crippen LogP contribution in [-0.2, 0) is 9.53 Å². The number of hydrogen-bond acceptors (Lipinski definition) is 4. The third-order valence-corrected chi connectivity index (χ3v) is 1.81. The minimum atomic E-state index is -0.753. The summed E-state index contributed by atoms with van der Waals surface area (Å²) >= 11 is 0. The summed E-state index contributed by atoms with van der Waals surface area (Å²) in [6.07, 6.45) is 0. The van der Waals surface area contributed by atoms with Crippen molar-refractivity contribution in [1.29, 1.82) is 5.26 Å². The van der Waals surface area contributed by atoms with Crippen LogP contribution in [0.15, 0.2) is 24.3 Å². The quantitative estimate of drug-likeness (QED) is 0.777. The zero-order valence-corrected chi connectivity index (χ0v) is 8.77. The Balaban J connectivity index is 2.49. The zero-order valence-electron chi connectivity index (χ0n) is 8.77. The van der Waals surface area contributed by atoms with Gasteiger partial charge in [-0.1, -0.05) is 12.1 Å². The standard InChI is InChI=1S/C11H9FN2O3/c12-9-4-2-1-3-8(9)11(16)14-7-10(15)17-6-5-13/h1-4H,6-7H2,(H,14,16). The number of hydrogen-bond donors (Lipinski definition) is 1. The van der Waals surface area contributed by atoms with E-state index in [2.05, 4.69) is 10.1 Å². The molecule has 1 rings (SSSR count). The van der Waals surface area contributed by atoms with Crippen LogP contribution in [0.25, 0.3) is 0 Å². The van der Waals surface area contributed by atoms with Crippen LogP contribution in [0.4, 0.5) is 4.39 Å². The number of esters is 1. The topological polar surface area (TPSA) is 79.2 Å². The Hall–Kier alpha value is -2.42. The molecule has 0 bridgehead atoms. The molecular weight excluding hydrogens is 227 g/mol. The molecule has 88 valence electrons. The first-order chi connectivity index (χ1) is 8.15. The third kappa shape index (κ3) is 3.91. The van der Waals surface area contributed by atoms with Crippen LogP contribution in [0.3, 0.4) is 0 Å². The maximum atomic E-state index is 13.1. The van der Waals surface area contributed by atoms with Gasteiger partial charge < -0.3 is 10.1 Å². The number of amides is 1. The molecule has 0 saturated heterocycles. The highest BCUT2D eigenvalue weighted by Gasteiger charge is 2.12. The van der Waals surface area contributed by atoms with Gasteiger partial charge in [0, 0.05) is 0 Å². The molecule has 0 aliphatic heterocycles. The highest BCUT2D eigenvalue weighted by Crippen LogP contribution is 2.05. The Morgan fingerprint density at radius 3 is 2.76 bits per heavy atom. The van der Waals surface area contributed by atoms with E-state index in [1.807, 2.05) is 0 Å². The molecule has 1 aromatic carbocycles. The van der Waals surface area contributed by atoms with Crippen molar-refractivity contribution in [2.24, 2.45) is 0 Å². The molecule has 1 aromatic rings. The molecular formula is C11H9FN2O3. The predicted octanol–water partition coefficient (Wildman–Crippen LogP) is 0.622. The van der Waals surface area contributed by atoms with E-state index in [1.54, 1.807) is 6.07 Å². The average molecular weight is 236 g/mol. The molecule has 0 spiro atoms. The molecule has 0 aliphatic rings. The van der Waals surface area contributed by atoms with Crippen molar-refractivity contribution in [2.75, 3.05) is 13.2 Å². The van der Waals surface area contributed by atoms with E-state index in [1.165, 1.54) is 18.2 Å². The number of carbonyl (C=O) groups is 2. The summed E-state index contributed by atoms with van der Waals surface area (Å²) in [4.78, 5) is 22.4. The van der Waals surface area contributed by atoms with Gasteiger partial charge in [-0.05, 0) is 12.1 Å². The van der Waals surface area contributed by atoms with E-state index < -0.39 is 24.2 Å². The third-order valence-electron chi connectivity index (χ3n) is 1.81. The first-order valence-corrected chi connectivity index (χ1v) is 4.70. The Labute approximate surface area is 96.8 Å². The van der Waals surface area contributed by atoms with Crippen LogP contribution >= 0.6 is 0 Å². The van der Waals surface area contributed by atoms with Gasteiger partial charge in [-0.25, -0.2) is 4.39 Å². The monoisotopic (exact) mass is 236 g/mol. The molecule has 5 nitrogen and oxygen atoms in total. The molecule has 0 saturated carbocycles. The Kier molecular flexibility index (Phi) is 4.63. The number of nitriles is 1. The fraction of sp³-hybridized carbons (Fsp3) is 0.182. The highest BCUT2D eigenvalue weighted by atomic mass is 19.1. The van der Waals surface area contributed by atoms with Gasteiger partial charge in [0.15, 0.2) is 6.61 Å². The van der Waals surface area contributed by atoms with E-state index in [9.17, 15) is 14.0 Å². The van der Waals surface area contributed by atoms with Crippen LogP contribution in [0.2, 0.25) is 0 Å². The molecule has 0 aliphatic carbocycles. The second-order valence-electron chi connectivity index (χ2n) is 2.98. The van der Waals surface area contributed by atoms with Gasteiger partial charge in [-0.15, -0.1) is 0 Å². The van der Waals surface area contributed by atoms with Gasteiger partial charge >= 0.3 is 5.97 Å². The van der Waals surface area contributed by atoms with Crippen LogP contribution in [0, 0.1) is 17.1 Å². The van der Waals surface area contributed by atoms with E-state index in [0.717, 1.165) is 6.07 Å². The van der Waals surface area contributed by atoms with Crippen LogP contribution < -0.4 is 5.32 Å². The summed E-state index contributed by atoms with van der Waals surface area (Å²) in [6.45, 7) is -0.788. The summed E-state index contributed by atoms with van der Waals surface area (Å²) in [7, 11) is 0. The van der Waals surface area contributed by atoms with Gasteiger partial charge in [-0.2, -0.15) is 5.26 Å². The van der Waals surface area contributed by atoms with Crippen LogP contribution in [0.5, 0.6) is 0 Å². The normalized spacial score (nSPS) is 9.18. The maximum Gasteiger partial charge on any atom is 0.326 e. The van der Waals surface area contributed by atoms with E-state index >= 15 is 0 Å². The van der Waals surface area contributed by atoms with Gasteiger partial charge in [0.05, 0.1) is 5.56 Å². The first kappa shape index (κ1) is 12.6. The highest BCUT2D eigenvalue weighted by molar-refractivity contribution is 5.96. The molecule has 0 fully saturated rings. The van der Waals surface area contributed by atoms with Gasteiger partial charge in [0.25, 0.3) is 5.91 Å². The van der Waals surface area contributed by atoms with Crippen molar-refractivity contribution in [2.45, 2.75) is 0 Å². The lowest BCUT2D eigenvalue weighted by molar-refractivity contribution is -0.140. The maximum absolute atomic E-state index is 13.1. The van der Waals surface area contributed by atoms with Crippen molar-refractivity contribution in [1.82, 2.24) is 5.32 Å². The van der Waals surface area contributed by atoms with Gasteiger partial charge in [0.2, 0.25) is 0 Å². The number of nitrogens with one attached hydrogen (secondary N) is 1. The lowest BCUT2D eigenvalue weighted by atomic mass is 10.2. The van der Waals surface area contributed by atoms with E-state index in [-0.39, 0.29) is 12.2 Å². The van der Waals surface area contributed by atoms with Crippen molar-refractivity contribution in [3.63, 3.8) is 0 Å². The van der Waals surface area contributed by atoms with Crippen molar-refractivity contribution in [3.05, 3.63) is 35.6 Å². The molecule has 0 aromatic heterocycles. The number of nitrogens with zero attached hydrogens (tertiary/aromatic N) is 1. The summed E-state index contributed by atoms with van der Waals surface area (Å²) in [6, 6.07) is 7.01. The predicted molar refractivity (Wildman–Crippen MR) is 55.3 cm³/mol.